The lowest BCUT2D eigenvalue weighted by molar-refractivity contribution is -0.384. The minimum absolute atomic E-state index is 0.0635. The van der Waals surface area contributed by atoms with E-state index >= 15 is 0 Å². The molecular formula is C25H23F3N2O5. The highest BCUT2D eigenvalue weighted by Gasteiger charge is 2.32. The first-order valence-corrected chi connectivity index (χ1v) is 10.6. The van der Waals surface area contributed by atoms with Gasteiger partial charge in [0.25, 0.3) is 5.69 Å². The molecule has 3 aromatic carbocycles. The third kappa shape index (κ3) is 7.20. The smallest absolute Gasteiger partial charge is 0.416 e. The monoisotopic (exact) mass is 488 g/mol. The summed E-state index contributed by atoms with van der Waals surface area (Å²) in [5.41, 5.74) is -0.422. The van der Waals surface area contributed by atoms with Crippen molar-refractivity contribution in [1.29, 1.82) is 0 Å². The number of hydrogen-bond acceptors (Lipinski definition) is 5. The summed E-state index contributed by atoms with van der Waals surface area (Å²) in [5.74, 6) is 0.255. The summed E-state index contributed by atoms with van der Waals surface area (Å²) in [6, 6.07) is 19.2. The Kier molecular flexibility index (Phi) is 7.95. The number of rotatable bonds is 9. The van der Waals surface area contributed by atoms with Crippen molar-refractivity contribution in [2.24, 2.45) is 0 Å². The van der Waals surface area contributed by atoms with Crippen LogP contribution >= 0.6 is 0 Å². The van der Waals surface area contributed by atoms with E-state index in [1.54, 1.807) is 6.92 Å². The van der Waals surface area contributed by atoms with Crippen LogP contribution in [0.3, 0.4) is 0 Å². The van der Waals surface area contributed by atoms with E-state index in [1.165, 1.54) is 36.4 Å². The van der Waals surface area contributed by atoms with Gasteiger partial charge in [-0.15, -0.1) is 0 Å². The lowest BCUT2D eigenvalue weighted by Crippen LogP contribution is -2.35. The lowest BCUT2D eigenvalue weighted by Gasteiger charge is -2.31. The van der Waals surface area contributed by atoms with Gasteiger partial charge in [-0.3, -0.25) is 10.1 Å². The van der Waals surface area contributed by atoms with Gasteiger partial charge in [0, 0.05) is 25.1 Å². The largest absolute Gasteiger partial charge is 0.483 e. The Bertz CT molecular complexity index is 1140. The molecule has 1 unspecified atom stereocenters. The van der Waals surface area contributed by atoms with Gasteiger partial charge in [-0.05, 0) is 54.4 Å². The van der Waals surface area contributed by atoms with Crippen LogP contribution in [0.4, 0.5) is 23.7 Å². The molecule has 35 heavy (non-hydrogen) atoms. The molecule has 0 aliphatic heterocycles. The van der Waals surface area contributed by atoms with E-state index in [0.29, 0.717) is 12.0 Å². The standard InChI is InChI=1S/C25H23F3N2O5/c1-24(19-5-3-2-4-6-19,35-22-13-9-20(10-14-22)25(26,27)28)15-16-29-23(31)34-17-18-7-11-21(12-8-18)30(32)33/h2-14H,15-17H2,1H3,(H,29,31). The molecule has 0 bridgehead atoms. The number of ether oxygens (including phenoxy) is 2. The number of hydrogen-bond donors (Lipinski definition) is 1. The van der Waals surface area contributed by atoms with E-state index in [1.807, 2.05) is 30.3 Å². The second-order valence-corrected chi connectivity index (χ2v) is 7.90. The van der Waals surface area contributed by atoms with Crippen LogP contribution in [-0.4, -0.2) is 17.6 Å². The molecule has 0 fully saturated rings. The molecule has 0 aliphatic carbocycles. The molecule has 0 aromatic heterocycles. The van der Waals surface area contributed by atoms with Crippen LogP contribution in [0.5, 0.6) is 5.75 Å². The van der Waals surface area contributed by atoms with Crippen LogP contribution in [0.15, 0.2) is 78.9 Å². The van der Waals surface area contributed by atoms with Crippen molar-refractivity contribution in [2.45, 2.75) is 31.7 Å². The summed E-state index contributed by atoms with van der Waals surface area (Å²) < 4.78 is 49.8. The number of nitro benzene ring substituents is 1. The number of nitrogens with zero attached hydrogens (tertiary/aromatic N) is 1. The third-order valence-corrected chi connectivity index (χ3v) is 5.30. The first kappa shape index (κ1) is 25.5. The molecular weight excluding hydrogens is 465 g/mol. The van der Waals surface area contributed by atoms with Gasteiger partial charge in [0.05, 0.1) is 10.5 Å². The zero-order chi connectivity index (χ0) is 25.5. The van der Waals surface area contributed by atoms with E-state index in [-0.39, 0.29) is 24.6 Å². The molecule has 0 aliphatic rings. The van der Waals surface area contributed by atoms with Gasteiger partial charge in [0.15, 0.2) is 0 Å². The number of alkyl carbamates (subject to hydrolysis) is 1. The summed E-state index contributed by atoms with van der Waals surface area (Å²) in [7, 11) is 0. The summed E-state index contributed by atoms with van der Waals surface area (Å²) in [5, 5.41) is 13.3. The van der Waals surface area contributed by atoms with Gasteiger partial charge in [0.1, 0.15) is 18.0 Å². The number of carbonyl (C=O) groups is 1. The summed E-state index contributed by atoms with van der Waals surface area (Å²) >= 11 is 0. The second-order valence-electron chi connectivity index (χ2n) is 7.90. The van der Waals surface area contributed by atoms with Crippen LogP contribution in [0.1, 0.15) is 30.0 Å². The number of carbonyl (C=O) groups excluding carboxylic acids is 1. The normalized spacial score (nSPS) is 12.9. The molecule has 3 rings (SSSR count). The SMILES string of the molecule is CC(CCNC(=O)OCc1ccc([N+](=O)[O-])cc1)(Oc1ccc(C(F)(F)F)cc1)c1ccccc1. The summed E-state index contributed by atoms with van der Waals surface area (Å²) in [4.78, 5) is 22.3. The van der Waals surface area contributed by atoms with Crippen molar-refractivity contribution in [2.75, 3.05) is 6.54 Å². The number of nitrogens with one attached hydrogen (secondary N) is 1. The van der Waals surface area contributed by atoms with Crippen LogP contribution in [-0.2, 0) is 23.1 Å². The Hall–Kier alpha value is -4.08. The molecule has 0 spiro atoms. The average molecular weight is 488 g/mol. The predicted molar refractivity (Wildman–Crippen MR) is 122 cm³/mol. The fourth-order valence-electron chi connectivity index (χ4n) is 3.33. The maximum atomic E-state index is 12.9. The Morgan fingerprint density at radius 1 is 0.943 bits per heavy atom. The number of alkyl halides is 3. The van der Waals surface area contributed by atoms with Crippen molar-refractivity contribution in [3.63, 3.8) is 0 Å². The summed E-state index contributed by atoms with van der Waals surface area (Å²) in [6.45, 7) is 1.87. The molecule has 0 saturated heterocycles. The fourth-order valence-corrected chi connectivity index (χ4v) is 3.33. The first-order chi connectivity index (χ1) is 16.6. The Balaban J connectivity index is 1.60. The fraction of sp³-hybridized carbons (Fsp3) is 0.240. The molecule has 1 amide bonds. The van der Waals surface area contributed by atoms with Gasteiger partial charge in [-0.1, -0.05) is 30.3 Å². The number of amides is 1. The predicted octanol–water partition coefficient (Wildman–Crippen LogP) is 6.22. The number of benzene rings is 3. The van der Waals surface area contributed by atoms with E-state index < -0.39 is 28.4 Å². The quantitative estimate of drug-likeness (QED) is 0.285. The number of halogens is 3. The van der Waals surface area contributed by atoms with Gasteiger partial charge in [-0.25, -0.2) is 4.79 Å². The zero-order valence-electron chi connectivity index (χ0n) is 18.7. The molecule has 3 aromatic rings. The van der Waals surface area contributed by atoms with Crippen LogP contribution in [0.25, 0.3) is 0 Å². The third-order valence-electron chi connectivity index (χ3n) is 5.30. The maximum absolute atomic E-state index is 12.9. The molecule has 1 N–H and O–H groups in total. The Labute approximate surface area is 199 Å². The minimum atomic E-state index is -4.44. The van der Waals surface area contributed by atoms with Crippen molar-refractivity contribution < 1.29 is 32.4 Å². The minimum Gasteiger partial charge on any atom is -0.483 e. The van der Waals surface area contributed by atoms with Crippen molar-refractivity contribution in [3.05, 3.63) is 106 Å². The number of nitro groups is 1. The van der Waals surface area contributed by atoms with Crippen molar-refractivity contribution in [1.82, 2.24) is 5.32 Å². The number of non-ortho nitro benzene ring substituents is 1. The van der Waals surface area contributed by atoms with Crippen molar-refractivity contribution in [3.8, 4) is 5.75 Å². The van der Waals surface area contributed by atoms with Crippen LogP contribution in [0.2, 0.25) is 0 Å². The molecule has 0 saturated carbocycles. The van der Waals surface area contributed by atoms with E-state index in [4.69, 9.17) is 9.47 Å². The van der Waals surface area contributed by atoms with Crippen LogP contribution < -0.4 is 10.1 Å². The molecule has 1 atom stereocenters. The lowest BCUT2D eigenvalue weighted by atomic mass is 9.92. The maximum Gasteiger partial charge on any atom is 0.416 e. The highest BCUT2D eigenvalue weighted by Crippen LogP contribution is 2.34. The van der Waals surface area contributed by atoms with Crippen LogP contribution in [0, 0.1) is 10.1 Å². The Morgan fingerprint density at radius 2 is 1.57 bits per heavy atom. The molecule has 0 heterocycles. The molecule has 0 radical (unpaired) electrons. The van der Waals surface area contributed by atoms with E-state index in [0.717, 1.165) is 17.7 Å². The van der Waals surface area contributed by atoms with E-state index in [9.17, 15) is 28.1 Å². The zero-order valence-corrected chi connectivity index (χ0v) is 18.7. The summed E-state index contributed by atoms with van der Waals surface area (Å²) in [6.07, 6.45) is -4.83. The van der Waals surface area contributed by atoms with E-state index in [2.05, 4.69) is 5.32 Å². The highest BCUT2D eigenvalue weighted by molar-refractivity contribution is 5.67. The van der Waals surface area contributed by atoms with Gasteiger partial charge < -0.3 is 14.8 Å². The van der Waals surface area contributed by atoms with Gasteiger partial charge >= 0.3 is 12.3 Å². The highest BCUT2D eigenvalue weighted by atomic mass is 19.4. The average Bonchev–Trinajstić information content (AvgIpc) is 2.83. The first-order valence-electron chi connectivity index (χ1n) is 10.6. The topological polar surface area (TPSA) is 90.7 Å². The Morgan fingerprint density at radius 3 is 2.14 bits per heavy atom. The van der Waals surface area contributed by atoms with Gasteiger partial charge in [0.2, 0.25) is 0 Å². The van der Waals surface area contributed by atoms with Gasteiger partial charge in [-0.2, -0.15) is 13.2 Å². The molecule has 7 nitrogen and oxygen atoms in total. The molecule has 184 valence electrons. The van der Waals surface area contributed by atoms with Crippen molar-refractivity contribution >= 4 is 11.8 Å². The molecule has 10 heteroatoms. The second kappa shape index (κ2) is 10.9.